The summed E-state index contributed by atoms with van der Waals surface area (Å²) >= 11 is 0. The van der Waals surface area contributed by atoms with Gasteiger partial charge >= 0.3 is 0 Å². The van der Waals surface area contributed by atoms with Gasteiger partial charge in [0.15, 0.2) is 0 Å². The monoisotopic (exact) mass is 302 g/mol. The van der Waals surface area contributed by atoms with Crippen molar-refractivity contribution in [3.63, 3.8) is 0 Å². The second-order valence-electron chi connectivity index (χ2n) is 6.62. The minimum atomic E-state index is -0.00395. The highest BCUT2D eigenvalue weighted by Crippen LogP contribution is 2.45. The van der Waals surface area contributed by atoms with Crippen molar-refractivity contribution in [1.82, 2.24) is 0 Å². The summed E-state index contributed by atoms with van der Waals surface area (Å²) < 4.78 is 5.66. The van der Waals surface area contributed by atoms with Gasteiger partial charge in [0.25, 0.3) is 0 Å². The Morgan fingerprint density at radius 1 is 1.27 bits per heavy atom. The molecule has 122 valence electrons. The maximum Gasteiger partial charge on any atom is 0.144 e. The molecule has 0 radical (unpaired) electrons. The molecule has 0 bridgehead atoms. The van der Waals surface area contributed by atoms with Crippen molar-refractivity contribution in [2.24, 2.45) is 0 Å². The molecule has 1 heterocycles. The summed E-state index contributed by atoms with van der Waals surface area (Å²) in [7, 11) is 1.74. The molecular weight excluding hydrogens is 272 g/mol. The van der Waals surface area contributed by atoms with Crippen molar-refractivity contribution in [2.75, 3.05) is 17.7 Å². The third-order valence-corrected chi connectivity index (χ3v) is 5.25. The van der Waals surface area contributed by atoms with Crippen LogP contribution in [0.1, 0.15) is 59.9 Å². The molecule has 0 aromatic heterocycles. The van der Waals surface area contributed by atoms with Gasteiger partial charge in [0.2, 0.25) is 0 Å². The Hall–Kier alpha value is -1.64. The van der Waals surface area contributed by atoms with Crippen LogP contribution in [0, 0.1) is 0 Å². The summed E-state index contributed by atoms with van der Waals surface area (Å²) in [6.45, 7) is 13.3. The number of allylic oxidation sites excluding steroid dienone is 1. The lowest BCUT2D eigenvalue weighted by atomic mass is 9.80. The van der Waals surface area contributed by atoms with E-state index >= 15 is 0 Å². The maximum atomic E-state index is 5.66. The number of hydrogen-bond acceptors (Lipinski definition) is 3. The first kappa shape index (κ1) is 16.7. The molecule has 1 aromatic carbocycles. The van der Waals surface area contributed by atoms with E-state index < -0.39 is 0 Å². The average Bonchev–Trinajstić information content (AvgIpc) is 2.52. The van der Waals surface area contributed by atoms with Gasteiger partial charge in [-0.3, -0.25) is 0 Å². The number of fused-ring (bicyclic) bond motifs is 1. The normalized spacial score (nSPS) is 22.0. The van der Waals surface area contributed by atoms with Crippen LogP contribution in [0.15, 0.2) is 17.7 Å². The molecule has 2 unspecified atom stereocenters. The van der Waals surface area contributed by atoms with E-state index in [0.29, 0.717) is 6.04 Å². The van der Waals surface area contributed by atoms with Gasteiger partial charge in [-0.15, -0.1) is 0 Å². The number of nitrogens with one attached hydrogen (secondary N) is 2. The number of benzene rings is 1. The summed E-state index contributed by atoms with van der Waals surface area (Å²) in [5.41, 5.74) is 6.24. The van der Waals surface area contributed by atoms with E-state index in [4.69, 9.17) is 4.74 Å². The number of rotatable bonds is 5. The van der Waals surface area contributed by atoms with Crippen LogP contribution in [-0.2, 0) is 0 Å². The second-order valence-corrected chi connectivity index (χ2v) is 6.62. The van der Waals surface area contributed by atoms with E-state index in [1.54, 1.807) is 7.11 Å². The molecule has 0 spiro atoms. The molecule has 3 nitrogen and oxygen atoms in total. The van der Waals surface area contributed by atoms with Crippen LogP contribution in [0.3, 0.4) is 0 Å². The van der Waals surface area contributed by atoms with E-state index in [1.807, 2.05) is 0 Å². The van der Waals surface area contributed by atoms with Gasteiger partial charge in [-0.05, 0) is 57.7 Å². The molecule has 3 heteroatoms. The molecule has 1 aromatic rings. The quantitative estimate of drug-likeness (QED) is 0.775. The van der Waals surface area contributed by atoms with Crippen LogP contribution in [0.2, 0.25) is 0 Å². The van der Waals surface area contributed by atoms with E-state index in [0.717, 1.165) is 30.0 Å². The zero-order valence-electron chi connectivity index (χ0n) is 15.1. The van der Waals surface area contributed by atoms with Gasteiger partial charge in [0.05, 0.1) is 18.3 Å². The van der Waals surface area contributed by atoms with Gasteiger partial charge in [-0.25, -0.2) is 0 Å². The Morgan fingerprint density at radius 3 is 2.50 bits per heavy atom. The minimum Gasteiger partial charge on any atom is -0.494 e. The average molecular weight is 302 g/mol. The standard InChI is InChI=1S/C19H30N2O/c1-8-12(3)20-15-10-16-13(4)14(5)19(6,9-2)21-18(16)17(11-15)22-7/h10-12,20-21H,8-9H2,1-7H3. The van der Waals surface area contributed by atoms with Gasteiger partial charge in [0, 0.05) is 23.4 Å². The maximum absolute atomic E-state index is 5.66. The molecule has 0 saturated heterocycles. The highest BCUT2D eigenvalue weighted by Gasteiger charge is 2.33. The Kier molecular flexibility index (Phi) is 4.74. The summed E-state index contributed by atoms with van der Waals surface area (Å²) in [6, 6.07) is 4.79. The van der Waals surface area contributed by atoms with Gasteiger partial charge < -0.3 is 15.4 Å². The number of hydrogen-bond donors (Lipinski definition) is 2. The lowest BCUT2D eigenvalue weighted by Crippen LogP contribution is -2.38. The molecule has 2 N–H and O–H groups in total. The third kappa shape index (κ3) is 2.81. The molecule has 0 amide bonds. The second kappa shape index (κ2) is 6.23. The first-order chi connectivity index (χ1) is 10.4. The summed E-state index contributed by atoms with van der Waals surface area (Å²) in [6.07, 6.45) is 2.14. The van der Waals surface area contributed by atoms with Crippen LogP contribution in [-0.4, -0.2) is 18.7 Å². The summed E-state index contributed by atoms with van der Waals surface area (Å²) in [5.74, 6) is 0.912. The van der Waals surface area contributed by atoms with Crippen molar-refractivity contribution < 1.29 is 4.74 Å². The fourth-order valence-electron chi connectivity index (χ4n) is 3.01. The van der Waals surface area contributed by atoms with Gasteiger partial charge in [-0.2, -0.15) is 0 Å². The lowest BCUT2D eigenvalue weighted by Gasteiger charge is -2.39. The number of methoxy groups -OCH3 is 1. The Bertz CT molecular complexity index is 591. The molecule has 0 fully saturated rings. The van der Waals surface area contributed by atoms with Crippen molar-refractivity contribution in [3.05, 3.63) is 23.3 Å². The Balaban J connectivity index is 2.55. The number of ether oxygens (including phenoxy) is 1. The van der Waals surface area contributed by atoms with Crippen molar-refractivity contribution in [3.8, 4) is 5.75 Å². The van der Waals surface area contributed by atoms with Gasteiger partial charge in [0.1, 0.15) is 5.75 Å². The topological polar surface area (TPSA) is 33.3 Å². The lowest BCUT2D eigenvalue weighted by molar-refractivity contribution is 0.414. The molecule has 1 aliphatic rings. The highest BCUT2D eigenvalue weighted by atomic mass is 16.5. The summed E-state index contributed by atoms with van der Waals surface area (Å²) in [5, 5.41) is 7.26. The first-order valence-corrected chi connectivity index (χ1v) is 8.31. The zero-order valence-corrected chi connectivity index (χ0v) is 15.1. The molecule has 2 atom stereocenters. The van der Waals surface area contributed by atoms with Crippen molar-refractivity contribution in [2.45, 2.75) is 66.0 Å². The third-order valence-electron chi connectivity index (χ3n) is 5.25. The molecule has 2 rings (SSSR count). The van der Waals surface area contributed by atoms with Crippen molar-refractivity contribution >= 4 is 16.9 Å². The molecule has 22 heavy (non-hydrogen) atoms. The minimum absolute atomic E-state index is 0.00395. The Morgan fingerprint density at radius 2 is 1.95 bits per heavy atom. The van der Waals surface area contributed by atoms with Gasteiger partial charge in [-0.1, -0.05) is 13.8 Å². The van der Waals surface area contributed by atoms with Crippen LogP contribution in [0.5, 0.6) is 5.75 Å². The van der Waals surface area contributed by atoms with Crippen LogP contribution in [0.25, 0.3) is 5.57 Å². The van der Waals surface area contributed by atoms with Crippen LogP contribution < -0.4 is 15.4 Å². The largest absolute Gasteiger partial charge is 0.494 e. The van der Waals surface area contributed by atoms with Crippen LogP contribution in [0.4, 0.5) is 11.4 Å². The molecule has 0 aliphatic carbocycles. The van der Waals surface area contributed by atoms with Crippen molar-refractivity contribution in [1.29, 1.82) is 0 Å². The summed E-state index contributed by atoms with van der Waals surface area (Å²) in [4.78, 5) is 0. The van der Waals surface area contributed by atoms with Crippen LogP contribution >= 0.6 is 0 Å². The predicted octanol–water partition coefficient (Wildman–Crippen LogP) is 5.29. The number of anilines is 2. The van der Waals surface area contributed by atoms with E-state index in [-0.39, 0.29) is 5.54 Å². The first-order valence-electron chi connectivity index (χ1n) is 8.31. The SMILES string of the molecule is CCC(C)Nc1cc(OC)c2c(c1)C(C)=C(C)C(C)(CC)N2. The molecular formula is C19H30N2O. The fourth-order valence-corrected chi connectivity index (χ4v) is 3.01. The smallest absolute Gasteiger partial charge is 0.144 e. The molecule has 0 saturated carbocycles. The van der Waals surface area contributed by atoms with E-state index in [9.17, 15) is 0 Å². The Labute approximate surface area is 135 Å². The predicted molar refractivity (Wildman–Crippen MR) is 97.0 cm³/mol. The highest BCUT2D eigenvalue weighted by molar-refractivity contribution is 5.88. The zero-order chi connectivity index (χ0) is 16.5. The fraction of sp³-hybridized carbons (Fsp3) is 0.579. The molecule has 1 aliphatic heterocycles. The van der Waals surface area contributed by atoms with E-state index in [2.05, 4.69) is 64.3 Å². The van der Waals surface area contributed by atoms with E-state index in [1.165, 1.54) is 16.7 Å².